The highest BCUT2D eigenvalue weighted by Gasteiger charge is 2.45. The summed E-state index contributed by atoms with van der Waals surface area (Å²) >= 11 is 0. The van der Waals surface area contributed by atoms with Gasteiger partial charge in [0.15, 0.2) is 11.5 Å². The second kappa shape index (κ2) is 6.05. The maximum absolute atomic E-state index is 11.1. The van der Waals surface area contributed by atoms with Gasteiger partial charge in [0.05, 0.1) is 0 Å². The van der Waals surface area contributed by atoms with E-state index in [2.05, 4.69) is 0 Å². The van der Waals surface area contributed by atoms with Crippen LogP contribution < -0.4 is 4.74 Å². The molecule has 2 aliphatic rings. The first-order chi connectivity index (χ1) is 14.6. The first-order valence-corrected chi connectivity index (χ1v) is 10.5. The summed E-state index contributed by atoms with van der Waals surface area (Å²) < 4.78 is 5.92. The molecule has 0 unspecified atom stereocenters. The third-order valence-electron chi connectivity index (χ3n) is 6.86. The molecule has 0 amide bonds. The Bertz CT molecular complexity index is 1300. The second-order valence-corrected chi connectivity index (χ2v) is 8.59. The number of benzene rings is 4. The first kappa shape index (κ1) is 17.5. The monoisotopic (exact) mass is 398 g/mol. The quantitative estimate of drug-likeness (QED) is 0.298. The van der Waals surface area contributed by atoms with Gasteiger partial charge in [0, 0.05) is 16.5 Å². The molecule has 1 saturated carbocycles. The highest BCUT2D eigenvalue weighted by Crippen LogP contribution is 2.61. The van der Waals surface area contributed by atoms with Crippen molar-refractivity contribution in [2.45, 2.75) is 37.5 Å². The van der Waals surface area contributed by atoms with Crippen LogP contribution in [0.25, 0.3) is 21.5 Å². The smallest absolute Gasteiger partial charge is 0.174 e. The van der Waals surface area contributed by atoms with Crippen LogP contribution in [0, 0.1) is 0 Å². The molecule has 1 aliphatic heterocycles. The molecule has 30 heavy (non-hydrogen) atoms. The average molecular weight is 398 g/mol. The maximum atomic E-state index is 11.1. The number of hydrogen-bond donors (Lipinski definition) is 3. The van der Waals surface area contributed by atoms with Gasteiger partial charge >= 0.3 is 0 Å². The minimum absolute atomic E-state index is 0.216. The summed E-state index contributed by atoms with van der Waals surface area (Å²) in [7, 11) is 0. The Morgan fingerprint density at radius 1 is 0.667 bits per heavy atom. The van der Waals surface area contributed by atoms with Crippen molar-refractivity contribution < 1.29 is 20.1 Å². The lowest BCUT2D eigenvalue weighted by atomic mass is 9.63. The fourth-order valence-corrected chi connectivity index (χ4v) is 5.58. The van der Waals surface area contributed by atoms with E-state index in [1.54, 1.807) is 30.3 Å². The van der Waals surface area contributed by atoms with Crippen molar-refractivity contribution in [2.75, 3.05) is 0 Å². The number of hydrogen-bond acceptors (Lipinski definition) is 4. The Kier molecular flexibility index (Phi) is 3.52. The molecule has 0 saturated heterocycles. The molecule has 4 nitrogen and oxygen atoms in total. The minimum atomic E-state index is -0.393. The van der Waals surface area contributed by atoms with Crippen molar-refractivity contribution in [3.63, 3.8) is 0 Å². The van der Waals surface area contributed by atoms with Gasteiger partial charge in [0.1, 0.15) is 17.2 Å². The Morgan fingerprint density at radius 2 is 1.33 bits per heavy atom. The van der Waals surface area contributed by atoms with Gasteiger partial charge in [-0.05, 0) is 70.8 Å². The Morgan fingerprint density at radius 3 is 2.07 bits per heavy atom. The van der Waals surface area contributed by atoms with Crippen molar-refractivity contribution in [2.24, 2.45) is 0 Å². The van der Waals surface area contributed by atoms with E-state index in [0.29, 0.717) is 0 Å². The van der Waals surface area contributed by atoms with Crippen molar-refractivity contribution >= 4 is 21.5 Å². The van der Waals surface area contributed by atoms with Crippen LogP contribution in [0.4, 0.5) is 0 Å². The van der Waals surface area contributed by atoms with Gasteiger partial charge in [0.2, 0.25) is 0 Å². The fraction of sp³-hybridized carbons (Fsp3) is 0.231. The molecule has 0 aromatic heterocycles. The normalized spacial score (nSPS) is 16.9. The zero-order valence-corrected chi connectivity index (χ0v) is 16.5. The predicted molar refractivity (Wildman–Crippen MR) is 117 cm³/mol. The van der Waals surface area contributed by atoms with Crippen molar-refractivity contribution in [1.29, 1.82) is 0 Å². The summed E-state index contributed by atoms with van der Waals surface area (Å²) in [6.45, 7) is 0. The lowest BCUT2D eigenvalue weighted by molar-refractivity contribution is 0.335. The Labute approximate surface area is 174 Å². The van der Waals surface area contributed by atoms with Gasteiger partial charge in [-0.2, -0.15) is 0 Å². The zero-order chi connectivity index (χ0) is 20.5. The molecule has 1 aliphatic carbocycles. The third kappa shape index (κ3) is 2.40. The van der Waals surface area contributed by atoms with E-state index in [9.17, 15) is 15.3 Å². The number of phenols is 3. The van der Waals surface area contributed by atoms with Crippen LogP contribution >= 0.6 is 0 Å². The van der Waals surface area contributed by atoms with Gasteiger partial charge in [-0.1, -0.05) is 37.5 Å². The Hall–Kier alpha value is -3.40. The summed E-state index contributed by atoms with van der Waals surface area (Å²) in [5.74, 6) is 2.49. The summed E-state index contributed by atoms with van der Waals surface area (Å²) in [6, 6.07) is 16.4. The van der Waals surface area contributed by atoms with Gasteiger partial charge in [0.25, 0.3) is 0 Å². The van der Waals surface area contributed by atoms with Crippen LogP contribution in [-0.2, 0) is 5.41 Å². The van der Waals surface area contributed by atoms with Crippen LogP contribution in [0.1, 0.15) is 43.2 Å². The fourth-order valence-electron chi connectivity index (χ4n) is 5.58. The van der Waals surface area contributed by atoms with Gasteiger partial charge in [-0.3, -0.25) is 0 Å². The van der Waals surface area contributed by atoms with Gasteiger partial charge in [-0.25, -0.2) is 0 Å². The van der Waals surface area contributed by atoms with E-state index in [-0.39, 0.29) is 17.2 Å². The van der Waals surface area contributed by atoms with Gasteiger partial charge < -0.3 is 20.1 Å². The van der Waals surface area contributed by atoms with Crippen molar-refractivity contribution in [1.82, 2.24) is 0 Å². The minimum Gasteiger partial charge on any atom is -0.508 e. The molecule has 4 heteroatoms. The lowest BCUT2D eigenvalue weighted by Gasteiger charge is -2.39. The van der Waals surface area contributed by atoms with Crippen LogP contribution in [0.5, 0.6) is 28.7 Å². The molecule has 6 rings (SSSR count). The Balaban J connectivity index is 1.73. The number of ether oxygens (including phenoxy) is 1. The van der Waals surface area contributed by atoms with Gasteiger partial charge in [-0.15, -0.1) is 0 Å². The van der Waals surface area contributed by atoms with E-state index in [4.69, 9.17) is 4.74 Å². The molecule has 1 heterocycles. The van der Waals surface area contributed by atoms with E-state index in [1.165, 1.54) is 6.42 Å². The molecular formula is C26H22O4. The SMILES string of the molecule is Oc1ccc2c(C3(c4c5c(cc6cc(O)ccc46)O5)CCCCC3)c(O)ccc2c1. The van der Waals surface area contributed by atoms with Crippen LogP contribution in [-0.4, -0.2) is 15.3 Å². The molecule has 4 aromatic rings. The standard InChI is InChI=1S/C26H22O4/c27-17-5-7-19-15(12-17)4-9-21(29)23(19)26(10-2-1-3-11-26)24-20-8-6-18(28)13-16(20)14-22-25(24)30-22/h4-9,12-14,27-29H,1-3,10-11H2. The highest BCUT2D eigenvalue weighted by atomic mass is 16.6. The second-order valence-electron chi connectivity index (χ2n) is 8.59. The first-order valence-electron chi connectivity index (χ1n) is 10.5. The average Bonchev–Trinajstić information content (AvgIpc) is 3.51. The van der Waals surface area contributed by atoms with E-state index < -0.39 is 5.41 Å². The molecular weight excluding hydrogens is 376 g/mol. The molecule has 0 bridgehead atoms. The molecule has 150 valence electrons. The number of rotatable bonds is 2. The number of fused-ring (bicyclic) bond motifs is 3. The van der Waals surface area contributed by atoms with E-state index >= 15 is 0 Å². The van der Waals surface area contributed by atoms with E-state index in [0.717, 1.165) is 69.9 Å². The number of phenolic OH excluding ortho intramolecular Hbond substituents is 3. The maximum Gasteiger partial charge on any atom is 0.174 e. The van der Waals surface area contributed by atoms with Crippen molar-refractivity contribution in [3.05, 3.63) is 65.7 Å². The summed E-state index contributed by atoms with van der Waals surface area (Å²) in [6.07, 6.45) is 5.13. The molecule has 1 fully saturated rings. The number of aromatic hydroxyl groups is 3. The molecule has 3 N–H and O–H groups in total. The van der Waals surface area contributed by atoms with Crippen molar-refractivity contribution in [3.8, 4) is 28.7 Å². The molecule has 0 spiro atoms. The highest BCUT2D eigenvalue weighted by molar-refractivity contribution is 5.97. The van der Waals surface area contributed by atoms with Crippen LogP contribution in [0.3, 0.4) is 0 Å². The van der Waals surface area contributed by atoms with Crippen LogP contribution in [0.2, 0.25) is 0 Å². The van der Waals surface area contributed by atoms with E-state index in [1.807, 2.05) is 24.3 Å². The topological polar surface area (TPSA) is 73.2 Å². The summed E-state index contributed by atoms with van der Waals surface area (Å²) in [5.41, 5.74) is 1.64. The van der Waals surface area contributed by atoms with Crippen LogP contribution in [0.15, 0.2) is 54.6 Å². The summed E-state index contributed by atoms with van der Waals surface area (Å²) in [5, 5.41) is 35.0. The molecule has 0 atom stereocenters. The molecule has 4 aromatic carbocycles. The largest absolute Gasteiger partial charge is 0.508 e. The third-order valence-corrected chi connectivity index (χ3v) is 6.86. The lowest BCUT2D eigenvalue weighted by Crippen LogP contribution is -2.31. The summed E-state index contributed by atoms with van der Waals surface area (Å²) in [4.78, 5) is 0. The predicted octanol–water partition coefficient (Wildman–Crippen LogP) is 6.47. The molecule has 0 radical (unpaired) electrons. The zero-order valence-electron chi connectivity index (χ0n) is 16.5.